The molecule has 0 aromatic rings. The lowest BCUT2D eigenvalue weighted by Gasteiger charge is -2.19. The highest BCUT2D eigenvalue weighted by atomic mass is 32.2. The maximum absolute atomic E-state index is 11.7. The summed E-state index contributed by atoms with van der Waals surface area (Å²) < 4.78 is 44.4. The van der Waals surface area contributed by atoms with Crippen LogP contribution in [0.5, 0.6) is 0 Å². The van der Waals surface area contributed by atoms with E-state index < -0.39 is 17.6 Å². The first-order valence-electron chi connectivity index (χ1n) is 6.43. The SMILES string of the molecule is C=C(CN(CO)CCC)OSC(F)(F)F.COC(C)(C)C. The van der Waals surface area contributed by atoms with E-state index in [1.807, 2.05) is 27.7 Å². The van der Waals surface area contributed by atoms with Gasteiger partial charge in [-0.1, -0.05) is 13.5 Å². The van der Waals surface area contributed by atoms with Crippen LogP contribution in [-0.2, 0) is 8.92 Å². The molecule has 0 aliphatic carbocycles. The van der Waals surface area contributed by atoms with Crippen molar-refractivity contribution >= 4 is 12.0 Å². The molecule has 0 aliphatic rings. The van der Waals surface area contributed by atoms with E-state index in [1.165, 1.54) is 4.90 Å². The van der Waals surface area contributed by atoms with Gasteiger partial charge >= 0.3 is 5.51 Å². The van der Waals surface area contributed by atoms with Crippen molar-refractivity contribution in [1.29, 1.82) is 0 Å². The third-order valence-electron chi connectivity index (χ3n) is 2.01. The fourth-order valence-electron chi connectivity index (χ4n) is 0.898. The minimum Gasteiger partial charge on any atom is -0.421 e. The molecule has 0 radical (unpaired) electrons. The van der Waals surface area contributed by atoms with Crippen LogP contribution in [0.1, 0.15) is 34.1 Å². The van der Waals surface area contributed by atoms with Gasteiger partial charge in [-0.2, -0.15) is 13.2 Å². The Hall–Kier alpha value is -0.440. The molecule has 1 N–H and O–H groups in total. The molecule has 4 nitrogen and oxygen atoms in total. The van der Waals surface area contributed by atoms with Crippen LogP contribution < -0.4 is 0 Å². The van der Waals surface area contributed by atoms with Crippen molar-refractivity contribution in [1.82, 2.24) is 4.90 Å². The van der Waals surface area contributed by atoms with Gasteiger partial charge in [0.2, 0.25) is 0 Å². The van der Waals surface area contributed by atoms with Gasteiger partial charge in [0.15, 0.2) is 12.0 Å². The van der Waals surface area contributed by atoms with E-state index in [0.29, 0.717) is 6.54 Å². The number of alkyl halides is 3. The van der Waals surface area contributed by atoms with Gasteiger partial charge in [0.05, 0.1) is 18.9 Å². The van der Waals surface area contributed by atoms with Crippen molar-refractivity contribution in [3.8, 4) is 0 Å². The van der Waals surface area contributed by atoms with Crippen LogP contribution in [0.15, 0.2) is 12.3 Å². The highest BCUT2D eigenvalue weighted by molar-refractivity contribution is 7.95. The molecule has 128 valence electrons. The Morgan fingerprint density at radius 1 is 1.29 bits per heavy atom. The van der Waals surface area contributed by atoms with Gasteiger partial charge in [-0.3, -0.25) is 4.90 Å². The van der Waals surface area contributed by atoms with Crippen LogP contribution in [0.2, 0.25) is 0 Å². The van der Waals surface area contributed by atoms with Crippen LogP contribution in [0.25, 0.3) is 0 Å². The molecule has 0 rings (SSSR count). The largest absolute Gasteiger partial charge is 0.479 e. The van der Waals surface area contributed by atoms with Gasteiger partial charge < -0.3 is 14.0 Å². The summed E-state index contributed by atoms with van der Waals surface area (Å²) in [5.74, 6) is -0.0279. The van der Waals surface area contributed by atoms with E-state index in [0.717, 1.165) is 6.42 Å². The molecule has 0 atom stereocenters. The average Bonchev–Trinajstić information content (AvgIpc) is 2.35. The summed E-state index contributed by atoms with van der Waals surface area (Å²) in [5.41, 5.74) is -4.39. The van der Waals surface area contributed by atoms with Crippen molar-refractivity contribution in [2.75, 3.05) is 26.9 Å². The Labute approximate surface area is 129 Å². The Balaban J connectivity index is 0. The summed E-state index contributed by atoms with van der Waals surface area (Å²) in [6.07, 6.45) is 0.792. The second-order valence-corrected chi connectivity index (χ2v) is 5.96. The second kappa shape index (κ2) is 11.2. The number of methoxy groups -OCH3 is 1. The van der Waals surface area contributed by atoms with E-state index in [4.69, 9.17) is 9.84 Å². The highest BCUT2D eigenvalue weighted by Crippen LogP contribution is 2.32. The maximum Gasteiger partial charge on any atom is 0.479 e. The Kier molecular flexibility index (Phi) is 12.1. The lowest BCUT2D eigenvalue weighted by molar-refractivity contribution is -0.0386. The van der Waals surface area contributed by atoms with Gasteiger partial charge in [-0.05, 0) is 27.2 Å². The summed E-state index contributed by atoms with van der Waals surface area (Å²) in [6, 6.07) is 0. The fourth-order valence-corrected chi connectivity index (χ4v) is 1.16. The lowest BCUT2D eigenvalue weighted by atomic mass is 10.2. The van der Waals surface area contributed by atoms with Crippen molar-refractivity contribution in [2.24, 2.45) is 0 Å². The minimum absolute atomic E-state index is 0.0279. The average molecular weight is 333 g/mol. The minimum atomic E-state index is -4.43. The summed E-state index contributed by atoms with van der Waals surface area (Å²) in [6.45, 7) is 11.7. The Bertz CT molecular complexity index is 281. The third-order valence-corrected chi connectivity index (χ3v) is 2.51. The number of halogens is 3. The van der Waals surface area contributed by atoms with Gasteiger partial charge in [-0.15, -0.1) is 0 Å². The number of aliphatic hydroxyl groups excluding tert-OH is 1. The molecule has 0 heterocycles. The molecule has 0 unspecified atom stereocenters. The van der Waals surface area contributed by atoms with Gasteiger partial charge in [-0.25, -0.2) is 0 Å². The van der Waals surface area contributed by atoms with Gasteiger partial charge in [0.1, 0.15) is 5.76 Å². The molecular weight excluding hydrogens is 307 g/mol. The topological polar surface area (TPSA) is 41.9 Å². The Morgan fingerprint density at radius 3 is 2.05 bits per heavy atom. The van der Waals surface area contributed by atoms with Crippen LogP contribution >= 0.6 is 12.0 Å². The van der Waals surface area contributed by atoms with Crippen LogP contribution in [0, 0.1) is 0 Å². The van der Waals surface area contributed by atoms with E-state index >= 15 is 0 Å². The number of ether oxygens (including phenoxy) is 1. The first kappa shape index (κ1) is 22.8. The van der Waals surface area contributed by atoms with E-state index in [-0.39, 0.29) is 24.6 Å². The molecule has 0 saturated carbocycles. The standard InChI is InChI=1S/C8H14F3NO2S.C5H12O/c1-3-4-12(6-13)5-7(2)14-15-8(9,10)11;1-5(2,3)6-4/h13H,2-6H2,1H3;1-4H3. The lowest BCUT2D eigenvalue weighted by Crippen LogP contribution is -2.28. The van der Waals surface area contributed by atoms with Crippen molar-refractivity contribution in [3.05, 3.63) is 12.3 Å². The number of hydrogen-bond donors (Lipinski definition) is 1. The Morgan fingerprint density at radius 2 is 1.76 bits per heavy atom. The fraction of sp³-hybridized carbons (Fsp3) is 0.846. The van der Waals surface area contributed by atoms with Crippen LogP contribution in [0.4, 0.5) is 13.2 Å². The molecule has 0 spiro atoms. The smallest absolute Gasteiger partial charge is 0.421 e. The van der Waals surface area contributed by atoms with Crippen molar-refractivity contribution < 1.29 is 27.2 Å². The zero-order valence-electron chi connectivity index (χ0n) is 13.3. The summed E-state index contributed by atoms with van der Waals surface area (Å²) in [4.78, 5) is 1.53. The summed E-state index contributed by atoms with van der Waals surface area (Å²) >= 11 is -0.596. The predicted molar refractivity (Wildman–Crippen MR) is 79.6 cm³/mol. The monoisotopic (exact) mass is 333 g/mol. The second-order valence-electron chi connectivity index (χ2n) is 5.16. The van der Waals surface area contributed by atoms with Crippen LogP contribution in [0.3, 0.4) is 0 Å². The predicted octanol–water partition coefficient (Wildman–Crippen LogP) is 3.78. The normalized spacial score (nSPS) is 11.9. The zero-order valence-corrected chi connectivity index (χ0v) is 14.1. The maximum atomic E-state index is 11.7. The van der Waals surface area contributed by atoms with Crippen molar-refractivity contribution in [3.63, 3.8) is 0 Å². The number of hydrogen-bond acceptors (Lipinski definition) is 5. The first-order valence-corrected chi connectivity index (χ1v) is 7.17. The summed E-state index contributed by atoms with van der Waals surface area (Å²) in [5, 5.41) is 8.83. The van der Waals surface area contributed by atoms with Crippen molar-refractivity contribution in [2.45, 2.75) is 45.2 Å². The van der Waals surface area contributed by atoms with E-state index in [2.05, 4.69) is 10.8 Å². The summed E-state index contributed by atoms with van der Waals surface area (Å²) in [7, 11) is 1.71. The number of rotatable bonds is 7. The van der Waals surface area contributed by atoms with Crippen LogP contribution in [-0.4, -0.2) is 48.0 Å². The highest BCUT2D eigenvalue weighted by Gasteiger charge is 2.31. The quantitative estimate of drug-likeness (QED) is 0.436. The third kappa shape index (κ3) is 19.6. The molecule has 21 heavy (non-hydrogen) atoms. The van der Waals surface area contributed by atoms with Gasteiger partial charge in [0.25, 0.3) is 0 Å². The van der Waals surface area contributed by atoms with Gasteiger partial charge in [0, 0.05) is 13.7 Å². The number of aliphatic hydroxyl groups is 1. The molecule has 0 aromatic carbocycles. The molecular formula is C13H26F3NO3S. The number of nitrogens with zero attached hydrogens (tertiary/aromatic N) is 1. The van der Waals surface area contributed by atoms with E-state index in [1.54, 1.807) is 7.11 Å². The zero-order chi connectivity index (χ0) is 17.1. The van der Waals surface area contributed by atoms with E-state index in [9.17, 15) is 13.2 Å². The molecule has 0 aliphatic heterocycles. The molecule has 0 aromatic heterocycles. The molecule has 0 bridgehead atoms. The molecule has 0 amide bonds. The first-order chi connectivity index (χ1) is 9.45. The molecule has 8 heteroatoms. The molecule has 0 saturated heterocycles. The molecule has 0 fully saturated rings.